The number of rotatable bonds is 8. The molecule has 1 fully saturated rings. The molecule has 2 rings (SSSR count). The molecule has 1 saturated heterocycles. The number of amides is 4. The predicted molar refractivity (Wildman–Crippen MR) is 95.6 cm³/mol. The third-order valence-corrected chi connectivity index (χ3v) is 4.65. The third kappa shape index (κ3) is 3.34. The molecule has 154 valence electrons. The molecular weight excluding hydrogens is 370 g/mol. The number of likely N-dealkylation sites (N-methyl/N-ethyl adjacent to an activating group) is 2. The average Bonchev–Trinajstić information content (AvgIpc) is 2.97. The third-order valence-electron chi connectivity index (χ3n) is 4.65. The maximum Gasteiger partial charge on any atom is 0.357 e. The van der Waals surface area contributed by atoms with Crippen molar-refractivity contribution in [2.75, 3.05) is 27.2 Å². The van der Waals surface area contributed by atoms with Crippen molar-refractivity contribution in [3.63, 3.8) is 0 Å². The first-order chi connectivity index (χ1) is 13.2. The molecule has 0 aromatic rings. The number of esters is 2. The van der Waals surface area contributed by atoms with E-state index in [2.05, 4.69) is 12.2 Å². The van der Waals surface area contributed by atoms with Gasteiger partial charge in [0.15, 0.2) is 0 Å². The molecule has 0 bridgehead atoms. The van der Waals surface area contributed by atoms with Crippen molar-refractivity contribution in [3.05, 3.63) is 11.3 Å². The van der Waals surface area contributed by atoms with Gasteiger partial charge in [0.05, 0.1) is 6.61 Å². The molecule has 4 amide bonds. The molecule has 1 N–H and O–H groups in total. The molecule has 0 atom stereocenters. The van der Waals surface area contributed by atoms with Crippen LogP contribution in [0, 0.1) is 0 Å². The minimum atomic E-state index is -2.56. The summed E-state index contributed by atoms with van der Waals surface area (Å²) in [4.78, 5) is 64.1. The highest BCUT2D eigenvalue weighted by atomic mass is 16.6. The molecule has 0 aromatic carbocycles. The smallest absolute Gasteiger partial charge is 0.357 e. The Balaban J connectivity index is 2.49. The van der Waals surface area contributed by atoms with Gasteiger partial charge in [0.25, 0.3) is 11.8 Å². The zero-order valence-electron chi connectivity index (χ0n) is 16.5. The lowest BCUT2D eigenvalue weighted by molar-refractivity contribution is -0.176. The van der Waals surface area contributed by atoms with Gasteiger partial charge >= 0.3 is 23.6 Å². The number of hydrogen-bond acceptors (Lipinski definition) is 8. The minimum absolute atomic E-state index is 0.0383. The van der Waals surface area contributed by atoms with Gasteiger partial charge in [-0.25, -0.2) is 14.4 Å². The van der Waals surface area contributed by atoms with Crippen LogP contribution in [0.1, 0.15) is 39.5 Å². The Bertz CT molecular complexity index is 719. The lowest BCUT2D eigenvalue weighted by Crippen LogP contribution is -2.68. The molecule has 10 nitrogen and oxygen atoms in total. The Morgan fingerprint density at radius 3 is 2.18 bits per heavy atom. The van der Waals surface area contributed by atoms with E-state index in [-0.39, 0.29) is 12.3 Å². The molecule has 2 heterocycles. The number of carbonyl (C=O) groups is 5. The van der Waals surface area contributed by atoms with Crippen LogP contribution in [0.2, 0.25) is 0 Å². The summed E-state index contributed by atoms with van der Waals surface area (Å²) in [6, 6.07) is -0.888. The van der Waals surface area contributed by atoms with E-state index in [0.717, 1.165) is 33.4 Å². The maximum absolute atomic E-state index is 12.9. The van der Waals surface area contributed by atoms with Crippen molar-refractivity contribution < 1.29 is 33.4 Å². The van der Waals surface area contributed by atoms with E-state index in [1.54, 1.807) is 6.92 Å². The van der Waals surface area contributed by atoms with Crippen LogP contribution < -0.4 is 5.32 Å². The SMILES string of the molecule is CCCCCCNC1=C(C(=O)OCC)C2(OC1=O)C(=O)N(C)C(=O)N(C)C2=O. The normalized spacial score (nSPS) is 18.9. The van der Waals surface area contributed by atoms with Crippen molar-refractivity contribution >= 4 is 29.8 Å². The summed E-state index contributed by atoms with van der Waals surface area (Å²) in [6.45, 7) is 3.91. The van der Waals surface area contributed by atoms with Crippen LogP contribution in [0.15, 0.2) is 11.3 Å². The predicted octanol–water partition coefficient (Wildman–Crippen LogP) is 0.320. The van der Waals surface area contributed by atoms with Gasteiger partial charge in [-0.05, 0) is 13.3 Å². The fraction of sp³-hybridized carbons (Fsp3) is 0.611. The molecule has 0 saturated carbocycles. The van der Waals surface area contributed by atoms with Gasteiger partial charge in [0.1, 0.15) is 11.3 Å². The van der Waals surface area contributed by atoms with Crippen LogP contribution in [0.3, 0.4) is 0 Å². The summed E-state index contributed by atoms with van der Waals surface area (Å²) in [5.74, 6) is -4.27. The van der Waals surface area contributed by atoms with Gasteiger partial charge < -0.3 is 14.8 Å². The van der Waals surface area contributed by atoms with Crippen LogP contribution in [0.4, 0.5) is 4.79 Å². The quantitative estimate of drug-likeness (QED) is 0.354. The van der Waals surface area contributed by atoms with Gasteiger partial charge in [0, 0.05) is 20.6 Å². The molecule has 0 aromatic heterocycles. The second-order valence-electron chi connectivity index (χ2n) is 6.54. The van der Waals surface area contributed by atoms with Crippen LogP contribution in [0.5, 0.6) is 0 Å². The fourth-order valence-corrected chi connectivity index (χ4v) is 3.16. The number of urea groups is 1. The number of carbonyl (C=O) groups excluding carboxylic acids is 5. The molecule has 28 heavy (non-hydrogen) atoms. The monoisotopic (exact) mass is 395 g/mol. The van der Waals surface area contributed by atoms with Crippen LogP contribution >= 0.6 is 0 Å². The molecule has 0 unspecified atom stereocenters. The van der Waals surface area contributed by atoms with Crippen molar-refractivity contribution in [1.82, 2.24) is 15.1 Å². The van der Waals surface area contributed by atoms with Crippen molar-refractivity contribution in [1.29, 1.82) is 0 Å². The Labute approximate surface area is 162 Å². The van der Waals surface area contributed by atoms with E-state index < -0.39 is 41.0 Å². The number of barbiturate groups is 1. The van der Waals surface area contributed by atoms with Gasteiger partial charge in [-0.3, -0.25) is 19.4 Å². The Kier molecular flexibility index (Phi) is 6.42. The fourth-order valence-electron chi connectivity index (χ4n) is 3.16. The van der Waals surface area contributed by atoms with Crippen LogP contribution in [-0.2, 0) is 28.7 Å². The first-order valence-electron chi connectivity index (χ1n) is 9.23. The van der Waals surface area contributed by atoms with Gasteiger partial charge in [-0.2, -0.15) is 0 Å². The Morgan fingerprint density at radius 1 is 1.04 bits per heavy atom. The minimum Gasteiger partial charge on any atom is -0.462 e. The number of unbranched alkanes of at least 4 members (excludes halogenated alkanes) is 3. The lowest BCUT2D eigenvalue weighted by Gasteiger charge is -2.38. The van der Waals surface area contributed by atoms with Crippen molar-refractivity contribution in [2.45, 2.75) is 45.1 Å². The van der Waals surface area contributed by atoms with E-state index in [0.29, 0.717) is 22.8 Å². The topological polar surface area (TPSA) is 122 Å². The molecule has 0 aliphatic carbocycles. The van der Waals surface area contributed by atoms with Gasteiger partial charge in [0.2, 0.25) is 0 Å². The van der Waals surface area contributed by atoms with E-state index in [1.165, 1.54) is 0 Å². The highest BCUT2D eigenvalue weighted by molar-refractivity contribution is 6.30. The number of nitrogens with one attached hydrogen (secondary N) is 1. The molecule has 2 aliphatic rings. The van der Waals surface area contributed by atoms with E-state index in [4.69, 9.17) is 9.47 Å². The zero-order valence-corrected chi connectivity index (χ0v) is 16.5. The van der Waals surface area contributed by atoms with Crippen molar-refractivity contribution in [2.24, 2.45) is 0 Å². The highest BCUT2D eigenvalue weighted by Crippen LogP contribution is 2.38. The van der Waals surface area contributed by atoms with E-state index in [9.17, 15) is 24.0 Å². The number of hydrogen-bond donors (Lipinski definition) is 1. The lowest BCUT2D eigenvalue weighted by atomic mass is 9.88. The zero-order chi connectivity index (χ0) is 21.1. The number of ether oxygens (including phenoxy) is 2. The molecule has 0 radical (unpaired) electrons. The second-order valence-corrected chi connectivity index (χ2v) is 6.54. The molecule has 2 aliphatic heterocycles. The number of imide groups is 2. The summed E-state index contributed by atoms with van der Waals surface area (Å²) < 4.78 is 10.1. The van der Waals surface area contributed by atoms with Crippen molar-refractivity contribution in [3.8, 4) is 0 Å². The van der Waals surface area contributed by atoms with E-state index >= 15 is 0 Å². The van der Waals surface area contributed by atoms with Gasteiger partial charge in [-0.15, -0.1) is 0 Å². The first kappa shape index (κ1) is 21.4. The summed E-state index contributed by atoms with van der Waals surface area (Å²) in [5.41, 5.74) is -3.36. The second kappa shape index (κ2) is 8.41. The maximum atomic E-state index is 12.9. The summed E-state index contributed by atoms with van der Waals surface area (Å²) >= 11 is 0. The van der Waals surface area contributed by atoms with Crippen LogP contribution in [-0.4, -0.2) is 72.4 Å². The van der Waals surface area contributed by atoms with Crippen LogP contribution in [0.25, 0.3) is 0 Å². The largest absolute Gasteiger partial charge is 0.462 e. The summed E-state index contributed by atoms with van der Waals surface area (Å²) in [7, 11) is 2.28. The molecule has 10 heteroatoms. The Morgan fingerprint density at radius 2 is 1.64 bits per heavy atom. The molecular formula is C18H25N3O7. The van der Waals surface area contributed by atoms with E-state index in [1.807, 2.05) is 0 Å². The standard InChI is InChI=1S/C18H25N3O7/c1-5-7-8-9-10-19-12-11(13(22)27-6-2)18(28-14(12)23)15(24)20(3)17(26)21(4)16(18)25/h19H,5-10H2,1-4H3. The molecule has 1 spiro atoms. The summed E-state index contributed by atoms with van der Waals surface area (Å²) in [5, 5.41) is 2.81. The highest BCUT2D eigenvalue weighted by Gasteiger charge is 2.68. The average molecular weight is 395 g/mol. The first-order valence-corrected chi connectivity index (χ1v) is 9.23. The number of nitrogens with zero attached hydrogens (tertiary/aromatic N) is 2. The Hall–Kier alpha value is -2.91. The van der Waals surface area contributed by atoms with Gasteiger partial charge in [-0.1, -0.05) is 26.2 Å². The summed E-state index contributed by atoms with van der Waals surface area (Å²) in [6.07, 6.45) is 3.66.